The molecular weight excluding hydrogens is 172 g/mol. The van der Waals surface area contributed by atoms with Crippen molar-refractivity contribution in [1.29, 1.82) is 0 Å². The quantitative estimate of drug-likeness (QED) is 0.630. The van der Waals surface area contributed by atoms with Crippen LogP contribution in [0.25, 0.3) is 0 Å². The summed E-state index contributed by atoms with van der Waals surface area (Å²) in [5, 5.41) is 8.38. The third kappa shape index (κ3) is 6.10. The van der Waals surface area contributed by atoms with Crippen LogP contribution in [0.2, 0.25) is 0 Å². The van der Waals surface area contributed by atoms with Gasteiger partial charge in [-0.15, -0.1) is 0 Å². The van der Waals surface area contributed by atoms with Gasteiger partial charge in [0.25, 0.3) is 0 Å². The summed E-state index contributed by atoms with van der Waals surface area (Å²) in [6.07, 6.45) is -0.00430. The Kier molecular flexibility index (Phi) is 5.06. The Morgan fingerprint density at radius 2 is 1.77 bits per heavy atom. The highest BCUT2D eigenvalue weighted by molar-refractivity contribution is 5.78. The molecule has 0 rings (SSSR count). The van der Waals surface area contributed by atoms with Crippen molar-refractivity contribution in [2.24, 2.45) is 0 Å². The predicted octanol–water partition coefficient (Wildman–Crippen LogP) is -0.519. The summed E-state index contributed by atoms with van der Waals surface area (Å²) >= 11 is 0. The highest BCUT2D eigenvalue weighted by atomic mass is 16.4. The molecule has 76 valence electrons. The maximum atomic E-state index is 11.3. The molecule has 0 saturated heterocycles. The van der Waals surface area contributed by atoms with E-state index >= 15 is 0 Å². The molecule has 0 fully saturated rings. The lowest BCUT2D eigenvalue weighted by atomic mass is 10.4. The Balaban J connectivity index is 3.76. The molecule has 0 aliphatic heterocycles. The van der Waals surface area contributed by atoms with Crippen molar-refractivity contribution in [3.05, 3.63) is 0 Å². The van der Waals surface area contributed by atoms with Crippen molar-refractivity contribution in [1.82, 2.24) is 9.80 Å². The van der Waals surface area contributed by atoms with E-state index in [-0.39, 0.29) is 18.9 Å². The second kappa shape index (κ2) is 5.53. The topological polar surface area (TPSA) is 60.9 Å². The molecule has 0 aliphatic rings. The van der Waals surface area contributed by atoms with E-state index in [2.05, 4.69) is 0 Å². The van der Waals surface area contributed by atoms with Crippen molar-refractivity contribution in [2.75, 3.05) is 34.2 Å². The fourth-order valence-corrected chi connectivity index (χ4v) is 0.779. The first-order valence-electron chi connectivity index (χ1n) is 4.04. The van der Waals surface area contributed by atoms with Gasteiger partial charge < -0.3 is 14.9 Å². The number of carboxylic acid groups (broad SMARTS) is 1. The third-order valence-corrected chi connectivity index (χ3v) is 1.54. The van der Waals surface area contributed by atoms with Gasteiger partial charge in [-0.05, 0) is 14.1 Å². The van der Waals surface area contributed by atoms with Crippen LogP contribution in [0.15, 0.2) is 0 Å². The zero-order valence-corrected chi connectivity index (χ0v) is 8.28. The molecule has 1 amide bonds. The molecule has 0 aromatic rings. The van der Waals surface area contributed by atoms with Gasteiger partial charge in [0, 0.05) is 13.6 Å². The van der Waals surface area contributed by atoms with E-state index in [1.165, 1.54) is 4.90 Å². The van der Waals surface area contributed by atoms with Crippen molar-refractivity contribution < 1.29 is 14.7 Å². The summed E-state index contributed by atoms with van der Waals surface area (Å²) in [6.45, 7) is 0.581. The molecule has 0 heterocycles. The Morgan fingerprint density at radius 1 is 1.23 bits per heavy atom. The lowest BCUT2D eigenvalue weighted by Crippen LogP contribution is -2.36. The van der Waals surface area contributed by atoms with Crippen LogP contribution in [0.3, 0.4) is 0 Å². The number of carbonyl (C=O) groups excluding carboxylic acids is 1. The average Bonchev–Trinajstić information content (AvgIpc) is 1.98. The predicted molar refractivity (Wildman–Crippen MR) is 48.4 cm³/mol. The first kappa shape index (κ1) is 11.9. The molecule has 0 radical (unpaired) electrons. The summed E-state index contributed by atoms with van der Waals surface area (Å²) in [5.41, 5.74) is 0. The Labute approximate surface area is 77.9 Å². The molecule has 0 unspecified atom stereocenters. The van der Waals surface area contributed by atoms with Gasteiger partial charge in [-0.3, -0.25) is 9.59 Å². The van der Waals surface area contributed by atoms with Crippen LogP contribution >= 0.6 is 0 Å². The van der Waals surface area contributed by atoms with Crippen LogP contribution in [0, 0.1) is 0 Å². The summed E-state index contributed by atoms with van der Waals surface area (Å²) < 4.78 is 0. The van der Waals surface area contributed by atoms with E-state index in [0.29, 0.717) is 6.54 Å². The zero-order valence-electron chi connectivity index (χ0n) is 8.28. The SMILES string of the molecule is CN(C)CC(=O)N(C)CCC(=O)O. The molecular formula is C8H16N2O3. The monoisotopic (exact) mass is 188 g/mol. The molecule has 0 bridgehead atoms. The minimum atomic E-state index is -0.885. The highest BCUT2D eigenvalue weighted by Crippen LogP contribution is 1.90. The maximum Gasteiger partial charge on any atom is 0.305 e. The minimum absolute atomic E-state index is 0.00430. The van der Waals surface area contributed by atoms with E-state index in [9.17, 15) is 9.59 Å². The molecule has 5 heteroatoms. The smallest absolute Gasteiger partial charge is 0.305 e. The molecule has 5 nitrogen and oxygen atoms in total. The van der Waals surface area contributed by atoms with Crippen molar-refractivity contribution in [2.45, 2.75) is 6.42 Å². The van der Waals surface area contributed by atoms with E-state index in [0.717, 1.165) is 0 Å². The van der Waals surface area contributed by atoms with Gasteiger partial charge in [0.2, 0.25) is 5.91 Å². The first-order chi connectivity index (χ1) is 5.93. The van der Waals surface area contributed by atoms with Gasteiger partial charge in [0.1, 0.15) is 0 Å². The van der Waals surface area contributed by atoms with Crippen LogP contribution < -0.4 is 0 Å². The number of likely N-dealkylation sites (N-methyl/N-ethyl adjacent to an activating group) is 2. The van der Waals surface area contributed by atoms with Gasteiger partial charge in [-0.2, -0.15) is 0 Å². The van der Waals surface area contributed by atoms with E-state index in [4.69, 9.17) is 5.11 Å². The van der Waals surface area contributed by atoms with Crippen LogP contribution in [0.5, 0.6) is 0 Å². The van der Waals surface area contributed by atoms with Crippen molar-refractivity contribution in [3.63, 3.8) is 0 Å². The van der Waals surface area contributed by atoms with Crippen molar-refractivity contribution >= 4 is 11.9 Å². The first-order valence-corrected chi connectivity index (χ1v) is 4.04. The zero-order chi connectivity index (χ0) is 10.4. The second-order valence-corrected chi connectivity index (χ2v) is 3.20. The summed E-state index contributed by atoms with van der Waals surface area (Å²) in [6, 6.07) is 0. The molecule has 0 aromatic heterocycles. The summed E-state index contributed by atoms with van der Waals surface area (Å²) in [4.78, 5) is 24.6. The number of aliphatic carboxylic acids is 1. The second-order valence-electron chi connectivity index (χ2n) is 3.20. The number of hydrogen-bond donors (Lipinski definition) is 1. The molecule has 0 aliphatic carbocycles. The number of nitrogens with zero attached hydrogens (tertiary/aromatic N) is 2. The Morgan fingerprint density at radius 3 is 2.15 bits per heavy atom. The molecule has 0 aromatic carbocycles. The standard InChI is InChI=1S/C8H16N2O3/c1-9(2)6-7(11)10(3)5-4-8(12)13/h4-6H2,1-3H3,(H,12,13). The van der Waals surface area contributed by atoms with Gasteiger partial charge in [0.05, 0.1) is 13.0 Å². The largest absolute Gasteiger partial charge is 0.481 e. The number of hydrogen-bond acceptors (Lipinski definition) is 3. The van der Waals surface area contributed by atoms with E-state index in [1.807, 2.05) is 0 Å². The van der Waals surface area contributed by atoms with Crippen LogP contribution in [0.4, 0.5) is 0 Å². The fraction of sp³-hybridized carbons (Fsp3) is 0.750. The van der Waals surface area contributed by atoms with Crippen LogP contribution in [0.1, 0.15) is 6.42 Å². The highest BCUT2D eigenvalue weighted by Gasteiger charge is 2.10. The minimum Gasteiger partial charge on any atom is -0.481 e. The Hall–Kier alpha value is -1.10. The summed E-state index contributed by atoms with van der Waals surface area (Å²) in [5.74, 6) is -0.948. The maximum absolute atomic E-state index is 11.3. The van der Waals surface area contributed by atoms with Crippen molar-refractivity contribution in [3.8, 4) is 0 Å². The molecule has 0 atom stereocenters. The average molecular weight is 188 g/mol. The van der Waals surface area contributed by atoms with E-state index in [1.54, 1.807) is 26.0 Å². The summed E-state index contributed by atoms with van der Waals surface area (Å²) in [7, 11) is 5.20. The number of amides is 1. The third-order valence-electron chi connectivity index (χ3n) is 1.54. The van der Waals surface area contributed by atoms with Crippen LogP contribution in [-0.2, 0) is 9.59 Å². The fourth-order valence-electron chi connectivity index (χ4n) is 0.779. The Bertz CT molecular complexity index is 192. The molecule has 13 heavy (non-hydrogen) atoms. The number of carboxylic acids is 1. The molecule has 1 N–H and O–H groups in total. The molecule has 0 saturated carbocycles. The lowest BCUT2D eigenvalue weighted by Gasteiger charge is -2.18. The van der Waals surface area contributed by atoms with Crippen LogP contribution in [-0.4, -0.2) is 61.0 Å². The number of carbonyl (C=O) groups is 2. The van der Waals surface area contributed by atoms with E-state index < -0.39 is 5.97 Å². The normalized spacial score (nSPS) is 10.2. The lowest BCUT2D eigenvalue weighted by molar-refractivity contribution is -0.138. The van der Waals surface area contributed by atoms with Gasteiger partial charge in [0.15, 0.2) is 0 Å². The number of rotatable bonds is 5. The van der Waals surface area contributed by atoms with Gasteiger partial charge >= 0.3 is 5.97 Å². The van der Waals surface area contributed by atoms with Gasteiger partial charge in [-0.25, -0.2) is 0 Å². The van der Waals surface area contributed by atoms with Gasteiger partial charge in [-0.1, -0.05) is 0 Å². The molecule has 0 spiro atoms.